The van der Waals surface area contributed by atoms with E-state index in [9.17, 15) is 4.79 Å². The summed E-state index contributed by atoms with van der Waals surface area (Å²) in [6, 6.07) is 10.2. The molecular weight excluding hydrogens is 250 g/mol. The van der Waals surface area contributed by atoms with E-state index in [0.717, 1.165) is 32.4 Å². The third kappa shape index (κ3) is 3.31. The van der Waals surface area contributed by atoms with Crippen molar-refractivity contribution in [2.75, 3.05) is 31.6 Å². The van der Waals surface area contributed by atoms with Crippen LogP contribution < -0.4 is 15.5 Å². The molecule has 1 aliphatic heterocycles. The minimum absolute atomic E-state index is 0.152. The van der Waals surface area contributed by atoms with Gasteiger partial charge in [0.1, 0.15) is 0 Å². The molecule has 0 radical (unpaired) electrons. The second-order valence-electron chi connectivity index (χ2n) is 5.48. The molecule has 2 rings (SSSR count). The molecule has 1 aromatic rings. The summed E-state index contributed by atoms with van der Waals surface area (Å²) >= 11 is 0. The first kappa shape index (κ1) is 14.9. The minimum atomic E-state index is -0.328. The Bertz CT molecular complexity index is 427. The van der Waals surface area contributed by atoms with Crippen LogP contribution in [0, 0.1) is 0 Å². The topological polar surface area (TPSA) is 44.4 Å². The molecule has 1 atom stereocenters. The van der Waals surface area contributed by atoms with E-state index in [1.165, 1.54) is 5.69 Å². The number of amides is 1. The van der Waals surface area contributed by atoms with Crippen molar-refractivity contribution in [3.8, 4) is 0 Å². The number of anilines is 1. The largest absolute Gasteiger partial charge is 0.373 e. The zero-order valence-corrected chi connectivity index (χ0v) is 12.5. The van der Waals surface area contributed by atoms with Crippen molar-refractivity contribution in [2.45, 2.75) is 31.7 Å². The van der Waals surface area contributed by atoms with Gasteiger partial charge in [0.2, 0.25) is 5.91 Å². The van der Waals surface area contributed by atoms with Crippen LogP contribution in [0.1, 0.15) is 26.2 Å². The summed E-state index contributed by atoms with van der Waals surface area (Å²) in [6.45, 7) is 4.52. The first-order valence-electron chi connectivity index (χ1n) is 7.47. The highest BCUT2D eigenvalue weighted by molar-refractivity contribution is 5.86. The molecule has 20 heavy (non-hydrogen) atoms. The highest BCUT2D eigenvalue weighted by atomic mass is 16.2. The Morgan fingerprint density at radius 1 is 1.40 bits per heavy atom. The standard InChI is InChI=1S/C16H25N3O/c1-3-16(10-7-11-18-16)15(20)17-12-13-19(2)14-8-5-4-6-9-14/h4-6,8-9,18H,3,7,10-13H2,1-2H3,(H,17,20). The van der Waals surface area contributed by atoms with Crippen molar-refractivity contribution in [3.63, 3.8) is 0 Å². The fraction of sp³-hybridized carbons (Fsp3) is 0.562. The molecule has 1 heterocycles. The van der Waals surface area contributed by atoms with Crippen LogP contribution in [0.2, 0.25) is 0 Å². The van der Waals surface area contributed by atoms with Crippen molar-refractivity contribution in [1.29, 1.82) is 0 Å². The van der Waals surface area contributed by atoms with Gasteiger partial charge in [-0.15, -0.1) is 0 Å². The maximum Gasteiger partial charge on any atom is 0.240 e. The quantitative estimate of drug-likeness (QED) is 0.831. The van der Waals surface area contributed by atoms with E-state index in [4.69, 9.17) is 0 Å². The van der Waals surface area contributed by atoms with Crippen LogP contribution in [0.15, 0.2) is 30.3 Å². The lowest BCUT2D eigenvalue weighted by Crippen LogP contribution is -2.54. The predicted molar refractivity (Wildman–Crippen MR) is 83.0 cm³/mol. The summed E-state index contributed by atoms with van der Waals surface area (Å²) < 4.78 is 0. The van der Waals surface area contributed by atoms with Gasteiger partial charge < -0.3 is 15.5 Å². The van der Waals surface area contributed by atoms with Crippen molar-refractivity contribution in [1.82, 2.24) is 10.6 Å². The van der Waals surface area contributed by atoms with Crippen LogP contribution in [0.25, 0.3) is 0 Å². The fourth-order valence-electron chi connectivity index (χ4n) is 2.78. The van der Waals surface area contributed by atoms with E-state index >= 15 is 0 Å². The fourth-order valence-corrected chi connectivity index (χ4v) is 2.78. The van der Waals surface area contributed by atoms with E-state index in [1.807, 2.05) is 25.2 Å². The Balaban J connectivity index is 1.79. The van der Waals surface area contributed by atoms with Gasteiger partial charge in [-0.3, -0.25) is 4.79 Å². The van der Waals surface area contributed by atoms with E-state index in [0.29, 0.717) is 6.54 Å². The summed E-state index contributed by atoms with van der Waals surface area (Å²) in [5, 5.41) is 6.44. The lowest BCUT2D eigenvalue weighted by molar-refractivity contribution is -0.127. The van der Waals surface area contributed by atoms with Gasteiger partial charge in [0.05, 0.1) is 5.54 Å². The number of rotatable bonds is 6. The molecule has 1 fully saturated rings. The molecule has 0 aromatic heterocycles. The number of nitrogens with one attached hydrogen (secondary N) is 2. The normalized spacial score (nSPS) is 21.7. The molecule has 0 saturated carbocycles. The van der Waals surface area contributed by atoms with E-state index < -0.39 is 0 Å². The maximum absolute atomic E-state index is 12.3. The third-order valence-electron chi connectivity index (χ3n) is 4.21. The van der Waals surface area contributed by atoms with Crippen LogP contribution in [-0.2, 0) is 4.79 Å². The van der Waals surface area contributed by atoms with Crippen LogP contribution in [0.4, 0.5) is 5.69 Å². The Morgan fingerprint density at radius 2 is 2.15 bits per heavy atom. The van der Waals surface area contributed by atoms with Gasteiger partial charge in [0.15, 0.2) is 0 Å². The average Bonchev–Trinajstić information content (AvgIpc) is 2.98. The number of para-hydroxylation sites is 1. The number of carbonyl (C=O) groups excluding carboxylic acids is 1. The maximum atomic E-state index is 12.3. The molecule has 4 nitrogen and oxygen atoms in total. The summed E-state index contributed by atoms with van der Waals surface area (Å²) in [5.41, 5.74) is 0.844. The Labute approximate surface area is 121 Å². The van der Waals surface area contributed by atoms with E-state index in [1.54, 1.807) is 0 Å². The summed E-state index contributed by atoms with van der Waals surface area (Å²) in [5.74, 6) is 0.152. The smallest absolute Gasteiger partial charge is 0.240 e. The number of benzene rings is 1. The molecule has 1 amide bonds. The first-order valence-corrected chi connectivity index (χ1v) is 7.47. The molecule has 0 aliphatic carbocycles. The summed E-state index contributed by atoms with van der Waals surface area (Å²) in [6.07, 6.45) is 2.89. The molecule has 0 spiro atoms. The van der Waals surface area contributed by atoms with Crippen molar-refractivity contribution < 1.29 is 4.79 Å². The van der Waals surface area contributed by atoms with E-state index in [-0.39, 0.29) is 11.4 Å². The number of likely N-dealkylation sites (N-methyl/N-ethyl adjacent to an activating group) is 1. The Hall–Kier alpha value is -1.55. The molecule has 2 N–H and O–H groups in total. The number of hydrogen-bond donors (Lipinski definition) is 2. The lowest BCUT2D eigenvalue weighted by Gasteiger charge is -2.27. The van der Waals surface area contributed by atoms with Crippen molar-refractivity contribution >= 4 is 11.6 Å². The van der Waals surface area contributed by atoms with Gasteiger partial charge in [-0.1, -0.05) is 25.1 Å². The second kappa shape index (κ2) is 6.75. The van der Waals surface area contributed by atoms with Gasteiger partial charge in [0.25, 0.3) is 0 Å². The molecule has 4 heteroatoms. The molecule has 1 aromatic carbocycles. The Morgan fingerprint density at radius 3 is 2.75 bits per heavy atom. The summed E-state index contributed by atoms with van der Waals surface area (Å²) in [7, 11) is 2.05. The average molecular weight is 275 g/mol. The second-order valence-corrected chi connectivity index (χ2v) is 5.48. The minimum Gasteiger partial charge on any atom is -0.373 e. The zero-order chi connectivity index (χ0) is 14.4. The van der Waals surface area contributed by atoms with Gasteiger partial charge >= 0.3 is 0 Å². The van der Waals surface area contributed by atoms with Crippen LogP contribution in [0.3, 0.4) is 0 Å². The molecule has 0 bridgehead atoms. The molecular formula is C16H25N3O. The van der Waals surface area contributed by atoms with Crippen LogP contribution in [0.5, 0.6) is 0 Å². The molecule has 1 saturated heterocycles. The van der Waals surface area contributed by atoms with Gasteiger partial charge in [-0.05, 0) is 37.9 Å². The lowest BCUT2D eigenvalue weighted by atomic mass is 9.93. The molecule has 1 unspecified atom stereocenters. The highest BCUT2D eigenvalue weighted by Gasteiger charge is 2.38. The number of nitrogens with zero attached hydrogens (tertiary/aromatic N) is 1. The molecule has 1 aliphatic rings. The van der Waals surface area contributed by atoms with Crippen LogP contribution >= 0.6 is 0 Å². The number of hydrogen-bond acceptors (Lipinski definition) is 3. The van der Waals surface area contributed by atoms with E-state index in [2.05, 4.69) is 34.6 Å². The monoisotopic (exact) mass is 275 g/mol. The zero-order valence-electron chi connectivity index (χ0n) is 12.5. The van der Waals surface area contributed by atoms with Gasteiger partial charge in [-0.2, -0.15) is 0 Å². The van der Waals surface area contributed by atoms with Crippen molar-refractivity contribution in [3.05, 3.63) is 30.3 Å². The molecule has 110 valence electrons. The SMILES string of the molecule is CCC1(C(=O)NCCN(C)c2ccccc2)CCCN1. The predicted octanol–water partition coefficient (Wildman–Crippen LogP) is 1.77. The first-order chi connectivity index (χ1) is 9.68. The van der Waals surface area contributed by atoms with Gasteiger partial charge in [-0.25, -0.2) is 0 Å². The van der Waals surface area contributed by atoms with Crippen molar-refractivity contribution in [2.24, 2.45) is 0 Å². The number of carbonyl (C=O) groups is 1. The highest BCUT2D eigenvalue weighted by Crippen LogP contribution is 2.22. The van der Waals surface area contributed by atoms with Crippen LogP contribution in [-0.4, -0.2) is 38.1 Å². The third-order valence-corrected chi connectivity index (χ3v) is 4.21. The summed E-state index contributed by atoms with van der Waals surface area (Å²) in [4.78, 5) is 14.5. The Kier molecular flexibility index (Phi) is 5.01. The van der Waals surface area contributed by atoms with Gasteiger partial charge in [0, 0.05) is 25.8 Å².